The van der Waals surface area contributed by atoms with Gasteiger partial charge in [0, 0.05) is 6.54 Å². The Morgan fingerprint density at radius 2 is 2.18 bits per heavy atom. The molecule has 0 amide bonds. The molecule has 1 aliphatic rings. The maximum Gasteiger partial charge on any atom is 0.0608 e. The number of nitrogens with zero attached hydrogens (tertiary/aromatic N) is 1. The minimum absolute atomic E-state index is 0.698. The third-order valence-corrected chi connectivity index (χ3v) is 2.31. The van der Waals surface area contributed by atoms with Crippen LogP contribution >= 0.6 is 0 Å². The van der Waals surface area contributed by atoms with Gasteiger partial charge in [-0.2, -0.15) is 0 Å². The average Bonchev–Trinajstić information content (AvgIpc) is 2.06. The van der Waals surface area contributed by atoms with Gasteiger partial charge in [-0.1, -0.05) is 25.1 Å². The molecule has 0 spiro atoms. The highest BCUT2D eigenvalue weighted by Crippen LogP contribution is 2.30. The average molecular weight is 146 g/mol. The summed E-state index contributed by atoms with van der Waals surface area (Å²) in [6.45, 7) is 3.27. The minimum Gasteiger partial charge on any atom is -0.285 e. The molecule has 1 atom stereocenters. The van der Waals surface area contributed by atoms with Gasteiger partial charge in [0.1, 0.15) is 0 Å². The van der Waals surface area contributed by atoms with Crippen LogP contribution in [0.2, 0.25) is 0 Å². The third-order valence-electron chi connectivity index (χ3n) is 2.31. The lowest BCUT2D eigenvalue weighted by Gasteiger charge is -2.21. The van der Waals surface area contributed by atoms with Crippen LogP contribution in [0.25, 0.3) is 0 Å². The number of fused-ring (bicyclic) bond motifs is 1. The second-order valence-corrected chi connectivity index (χ2v) is 3.13. The minimum atomic E-state index is 0.698. The first-order valence-corrected chi connectivity index (χ1v) is 4.14. The molecule has 0 saturated heterocycles. The van der Waals surface area contributed by atoms with Crippen molar-refractivity contribution in [2.75, 3.05) is 6.54 Å². The zero-order valence-electron chi connectivity index (χ0n) is 6.75. The van der Waals surface area contributed by atoms with E-state index in [2.05, 4.69) is 36.5 Å². The van der Waals surface area contributed by atoms with Gasteiger partial charge in [0.25, 0.3) is 0 Å². The monoisotopic (exact) mass is 146 g/mol. The number of rotatable bonds is 0. The van der Waals surface area contributed by atoms with E-state index in [9.17, 15) is 0 Å². The van der Waals surface area contributed by atoms with Crippen LogP contribution in [-0.2, 0) is 0 Å². The summed E-state index contributed by atoms with van der Waals surface area (Å²) in [6.07, 6.45) is 1.21. The van der Waals surface area contributed by atoms with Crippen molar-refractivity contribution in [3.63, 3.8) is 0 Å². The predicted molar refractivity (Wildman–Crippen MR) is 46.1 cm³/mol. The molecule has 1 unspecified atom stereocenters. The van der Waals surface area contributed by atoms with E-state index in [1.165, 1.54) is 17.7 Å². The van der Waals surface area contributed by atoms with E-state index >= 15 is 0 Å². The highest BCUT2D eigenvalue weighted by molar-refractivity contribution is 5.48. The van der Waals surface area contributed by atoms with Crippen molar-refractivity contribution >= 4 is 5.69 Å². The largest absolute Gasteiger partial charge is 0.285 e. The van der Waals surface area contributed by atoms with Gasteiger partial charge in [-0.3, -0.25) is 5.32 Å². The van der Waals surface area contributed by atoms with Crippen LogP contribution < -0.4 is 5.32 Å². The van der Waals surface area contributed by atoms with Gasteiger partial charge in [-0.25, -0.2) is 0 Å². The molecule has 0 N–H and O–H groups in total. The molecule has 1 aromatic carbocycles. The molecule has 1 radical (unpaired) electrons. The summed E-state index contributed by atoms with van der Waals surface area (Å²) in [5.41, 5.74) is 2.62. The quantitative estimate of drug-likeness (QED) is 0.533. The van der Waals surface area contributed by atoms with Crippen molar-refractivity contribution in [2.45, 2.75) is 19.3 Å². The first-order chi connectivity index (χ1) is 5.38. The fourth-order valence-electron chi connectivity index (χ4n) is 1.58. The van der Waals surface area contributed by atoms with Crippen LogP contribution in [0.3, 0.4) is 0 Å². The third kappa shape index (κ3) is 1.11. The Balaban J connectivity index is 2.44. The van der Waals surface area contributed by atoms with Gasteiger partial charge in [0.05, 0.1) is 5.69 Å². The summed E-state index contributed by atoms with van der Waals surface area (Å²) in [6, 6.07) is 8.43. The molecule has 57 valence electrons. The van der Waals surface area contributed by atoms with Crippen molar-refractivity contribution in [2.24, 2.45) is 0 Å². The maximum atomic E-state index is 4.44. The lowest BCUT2D eigenvalue weighted by atomic mass is 9.93. The molecule has 11 heavy (non-hydrogen) atoms. The highest BCUT2D eigenvalue weighted by Gasteiger charge is 2.15. The van der Waals surface area contributed by atoms with Crippen LogP contribution in [0.15, 0.2) is 24.3 Å². The van der Waals surface area contributed by atoms with Gasteiger partial charge in [-0.05, 0) is 24.0 Å². The summed E-state index contributed by atoms with van der Waals surface area (Å²) in [4.78, 5) is 0. The first-order valence-electron chi connectivity index (χ1n) is 4.14. The molecule has 0 aromatic heterocycles. The number of hydrogen-bond acceptors (Lipinski definition) is 0. The molecule has 0 aliphatic carbocycles. The molecule has 1 heteroatoms. The standard InChI is InChI=1S/C10H12N/c1-8-6-7-11-10-5-3-2-4-9(8)10/h2-5,8H,6-7H2,1H3. The smallest absolute Gasteiger partial charge is 0.0608 e. The van der Waals surface area contributed by atoms with E-state index in [1.54, 1.807) is 0 Å². The van der Waals surface area contributed by atoms with E-state index in [0.29, 0.717) is 5.92 Å². The molecule has 2 rings (SSSR count). The lowest BCUT2D eigenvalue weighted by molar-refractivity contribution is 0.610. The zero-order chi connectivity index (χ0) is 7.68. The number of benzene rings is 1. The molecule has 1 aliphatic heterocycles. The molecular formula is C10H12N. The predicted octanol–water partition coefficient (Wildman–Crippen LogP) is 2.43. The normalized spacial score (nSPS) is 22.1. The van der Waals surface area contributed by atoms with Gasteiger partial charge in [0.2, 0.25) is 0 Å². The second kappa shape index (κ2) is 2.57. The van der Waals surface area contributed by atoms with Gasteiger partial charge in [-0.15, -0.1) is 0 Å². The van der Waals surface area contributed by atoms with Crippen molar-refractivity contribution in [1.29, 1.82) is 0 Å². The van der Waals surface area contributed by atoms with E-state index in [-0.39, 0.29) is 0 Å². The summed E-state index contributed by atoms with van der Waals surface area (Å²) < 4.78 is 0. The lowest BCUT2D eigenvalue weighted by Crippen LogP contribution is -2.13. The molecular weight excluding hydrogens is 134 g/mol. The Hall–Kier alpha value is -0.980. The van der Waals surface area contributed by atoms with Crippen LogP contribution in [0.5, 0.6) is 0 Å². The van der Waals surface area contributed by atoms with Crippen molar-refractivity contribution < 1.29 is 0 Å². The second-order valence-electron chi connectivity index (χ2n) is 3.13. The Morgan fingerprint density at radius 1 is 1.36 bits per heavy atom. The molecule has 1 nitrogen and oxygen atoms in total. The molecule has 1 heterocycles. The highest BCUT2D eigenvalue weighted by atomic mass is 14.9. The SMILES string of the molecule is CC1CC[N]c2ccccc21. The van der Waals surface area contributed by atoms with Crippen molar-refractivity contribution in [3.8, 4) is 0 Å². The van der Waals surface area contributed by atoms with Crippen LogP contribution in [0.4, 0.5) is 5.69 Å². The molecule has 0 saturated carbocycles. The van der Waals surface area contributed by atoms with E-state index in [1.807, 2.05) is 0 Å². The van der Waals surface area contributed by atoms with Crippen LogP contribution in [0, 0.1) is 0 Å². The van der Waals surface area contributed by atoms with E-state index < -0.39 is 0 Å². The number of hydrogen-bond donors (Lipinski definition) is 0. The fourth-order valence-corrected chi connectivity index (χ4v) is 1.58. The van der Waals surface area contributed by atoms with Crippen LogP contribution in [0.1, 0.15) is 24.8 Å². The Bertz CT molecular complexity index is 255. The zero-order valence-corrected chi connectivity index (χ0v) is 6.75. The van der Waals surface area contributed by atoms with E-state index in [0.717, 1.165) is 6.54 Å². The molecule has 1 aromatic rings. The molecule has 0 bridgehead atoms. The van der Waals surface area contributed by atoms with E-state index in [4.69, 9.17) is 0 Å². The van der Waals surface area contributed by atoms with Crippen molar-refractivity contribution in [3.05, 3.63) is 29.8 Å². The van der Waals surface area contributed by atoms with Crippen LogP contribution in [-0.4, -0.2) is 6.54 Å². The van der Waals surface area contributed by atoms with Gasteiger partial charge < -0.3 is 0 Å². The van der Waals surface area contributed by atoms with Gasteiger partial charge in [0.15, 0.2) is 0 Å². The Labute approximate surface area is 67.4 Å². The molecule has 0 fully saturated rings. The summed E-state index contributed by atoms with van der Waals surface area (Å²) in [5, 5.41) is 4.44. The first kappa shape index (κ1) is 6.71. The van der Waals surface area contributed by atoms with Crippen molar-refractivity contribution in [1.82, 2.24) is 5.32 Å². The summed E-state index contributed by atoms with van der Waals surface area (Å²) >= 11 is 0. The fraction of sp³-hybridized carbons (Fsp3) is 0.400. The maximum absolute atomic E-state index is 4.44. The topological polar surface area (TPSA) is 14.1 Å². The Kier molecular flexibility index (Phi) is 1.57. The number of para-hydroxylation sites is 1. The Morgan fingerprint density at radius 3 is 3.00 bits per heavy atom. The summed E-state index contributed by atoms with van der Waals surface area (Å²) in [7, 11) is 0. The van der Waals surface area contributed by atoms with Gasteiger partial charge >= 0.3 is 0 Å². The summed E-state index contributed by atoms with van der Waals surface area (Å²) in [5.74, 6) is 0.698.